The van der Waals surface area contributed by atoms with Crippen molar-refractivity contribution in [2.24, 2.45) is 0 Å². The largest absolute Gasteiger partial charge is 0.451 e. The number of hydrogen-bond donors (Lipinski definition) is 0. The molecule has 0 N–H and O–H groups in total. The summed E-state index contributed by atoms with van der Waals surface area (Å²) >= 11 is 0. The van der Waals surface area contributed by atoms with E-state index in [4.69, 9.17) is 23.1 Å². The van der Waals surface area contributed by atoms with E-state index in [1.807, 2.05) is 0 Å². The van der Waals surface area contributed by atoms with Crippen molar-refractivity contribution in [2.45, 2.75) is 51.6 Å². The first kappa shape index (κ1) is 21.2. The second-order valence-electron chi connectivity index (χ2n) is 8.77. The van der Waals surface area contributed by atoms with Gasteiger partial charge in [-0.15, -0.1) is 21.5 Å². The maximum absolute atomic E-state index is 7.03. The van der Waals surface area contributed by atoms with Crippen LogP contribution in [0, 0.1) is 0 Å². The second-order valence-corrected chi connectivity index (χ2v) is 16.7. The molecule has 0 aromatic heterocycles. The van der Waals surface area contributed by atoms with Crippen molar-refractivity contribution in [3.05, 3.63) is 47.5 Å². The molecular formula is C22H32O5Si2-2. The molecule has 2 aliphatic heterocycles. The van der Waals surface area contributed by atoms with Crippen molar-refractivity contribution in [1.82, 2.24) is 0 Å². The zero-order valence-electron chi connectivity index (χ0n) is 17.9. The molecule has 160 valence electrons. The lowest BCUT2D eigenvalue weighted by atomic mass is 10.3. The lowest BCUT2D eigenvalue weighted by molar-refractivity contribution is -0.182. The van der Waals surface area contributed by atoms with Crippen LogP contribution in [-0.4, -0.2) is 43.1 Å². The highest BCUT2D eigenvalue weighted by molar-refractivity contribution is 6.97. The Labute approximate surface area is 175 Å². The molecule has 2 fully saturated rings. The molecule has 0 amide bonds. The number of hydrogen-bond acceptors (Lipinski definition) is 5. The highest BCUT2D eigenvalue weighted by Gasteiger charge is 2.36. The average Bonchev–Trinajstić information content (AvgIpc) is 3.39. The standard InChI is InChI=1S/C22H32O5Si2/c1-28(2,19-11-5-9-17(19)21-23-13-7-14-24-21)27-29(3,4)20-12-6-10-18(20)22-25-15-8-16-26-22/h5-6,9-12,21-22H,7-8,13-16H2,1-4H3/q-2. The Balaban J connectivity index is 1.57. The molecule has 4 rings (SSSR count). The van der Waals surface area contributed by atoms with Gasteiger partial charge in [-0.1, -0.05) is 0 Å². The Bertz CT molecular complexity index is 731. The molecule has 2 aromatic rings. The van der Waals surface area contributed by atoms with E-state index in [0.29, 0.717) is 0 Å². The van der Waals surface area contributed by atoms with E-state index in [2.05, 4.69) is 62.6 Å². The molecule has 2 heterocycles. The third-order valence-electron chi connectivity index (χ3n) is 5.67. The SMILES string of the molecule is C[Si](C)(O[Si](C)(C)c1ccc[c-]1C1OCCCO1)c1ccc[c-]1C1OCCCO1. The van der Waals surface area contributed by atoms with Gasteiger partial charge in [-0.25, -0.2) is 24.3 Å². The average molecular weight is 433 g/mol. The van der Waals surface area contributed by atoms with E-state index in [9.17, 15) is 0 Å². The van der Waals surface area contributed by atoms with E-state index in [-0.39, 0.29) is 12.6 Å². The molecule has 0 bridgehead atoms. The van der Waals surface area contributed by atoms with Gasteiger partial charge in [0.25, 0.3) is 0 Å². The van der Waals surface area contributed by atoms with Crippen LogP contribution in [0.5, 0.6) is 0 Å². The fourth-order valence-corrected chi connectivity index (χ4v) is 13.2. The van der Waals surface area contributed by atoms with Crippen LogP contribution < -0.4 is 10.4 Å². The first-order valence-corrected chi connectivity index (χ1v) is 16.4. The van der Waals surface area contributed by atoms with Crippen LogP contribution in [0.25, 0.3) is 0 Å². The van der Waals surface area contributed by atoms with Crippen LogP contribution in [0.3, 0.4) is 0 Å². The predicted octanol–water partition coefficient (Wildman–Crippen LogP) is 3.54. The maximum Gasteiger partial charge on any atom is 0.181 e. The lowest BCUT2D eigenvalue weighted by Gasteiger charge is -2.41. The molecule has 0 atom stereocenters. The summed E-state index contributed by atoms with van der Waals surface area (Å²) in [6, 6.07) is 12.8. The van der Waals surface area contributed by atoms with Crippen molar-refractivity contribution in [3.8, 4) is 0 Å². The summed E-state index contributed by atoms with van der Waals surface area (Å²) < 4.78 is 30.6. The molecule has 0 saturated carbocycles. The van der Waals surface area contributed by atoms with Gasteiger partial charge >= 0.3 is 0 Å². The fraction of sp³-hybridized carbons (Fsp3) is 0.545. The van der Waals surface area contributed by atoms with E-state index in [1.165, 1.54) is 10.4 Å². The zero-order chi connectivity index (χ0) is 20.5. The summed E-state index contributed by atoms with van der Waals surface area (Å²) in [6.45, 7) is 12.1. The summed E-state index contributed by atoms with van der Waals surface area (Å²) in [6.07, 6.45) is 1.36. The maximum atomic E-state index is 7.03. The molecule has 7 heteroatoms. The molecule has 2 saturated heterocycles. The van der Waals surface area contributed by atoms with Gasteiger partial charge in [0.2, 0.25) is 0 Å². The van der Waals surface area contributed by atoms with Gasteiger partial charge in [0.15, 0.2) is 16.6 Å². The van der Waals surface area contributed by atoms with Crippen LogP contribution in [-0.2, 0) is 23.1 Å². The second kappa shape index (κ2) is 8.59. The summed E-state index contributed by atoms with van der Waals surface area (Å²) in [7, 11) is -4.40. The Morgan fingerprint density at radius 3 is 1.48 bits per heavy atom. The minimum Gasteiger partial charge on any atom is -0.451 e. The van der Waals surface area contributed by atoms with Crippen molar-refractivity contribution in [1.29, 1.82) is 0 Å². The Kier molecular flexibility index (Phi) is 6.27. The van der Waals surface area contributed by atoms with Crippen LogP contribution in [0.15, 0.2) is 36.4 Å². The van der Waals surface area contributed by atoms with Gasteiger partial charge < -0.3 is 23.1 Å². The summed E-state index contributed by atoms with van der Waals surface area (Å²) in [5.74, 6) is 0. The predicted molar refractivity (Wildman–Crippen MR) is 118 cm³/mol. The van der Waals surface area contributed by atoms with E-state index in [0.717, 1.165) is 50.4 Å². The van der Waals surface area contributed by atoms with Gasteiger partial charge in [0.05, 0.1) is 26.4 Å². The Hall–Kier alpha value is -1.07. The topological polar surface area (TPSA) is 46.2 Å². The van der Waals surface area contributed by atoms with Crippen molar-refractivity contribution in [2.75, 3.05) is 26.4 Å². The number of rotatable bonds is 6. The first-order valence-electron chi connectivity index (χ1n) is 10.6. The highest BCUT2D eigenvalue weighted by atomic mass is 28.4. The summed E-state index contributed by atoms with van der Waals surface area (Å²) in [5, 5.41) is 2.53. The molecule has 0 aliphatic carbocycles. The van der Waals surface area contributed by atoms with Gasteiger partial charge in [-0.3, -0.25) is 0 Å². The van der Waals surface area contributed by atoms with Crippen LogP contribution in [0.4, 0.5) is 0 Å². The molecule has 0 spiro atoms. The minimum atomic E-state index is -2.20. The third-order valence-corrected chi connectivity index (χ3v) is 13.3. The van der Waals surface area contributed by atoms with Crippen LogP contribution in [0.2, 0.25) is 26.2 Å². The van der Waals surface area contributed by atoms with E-state index >= 15 is 0 Å². The molecule has 29 heavy (non-hydrogen) atoms. The molecule has 0 radical (unpaired) electrons. The fourth-order valence-electron chi connectivity index (χ4n) is 4.46. The molecule has 2 aliphatic rings. The van der Waals surface area contributed by atoms with Crippen molar-refractivity contribution < 1.29 is 23.1 Å². The Morgan fingerprint density at radius 2 is 1.10 bits per heavy atom. The van der Waals surface area contributed by atoms with Gasteiger partial charge in [0.1, 0.15) is 12.6 Å². The van der Waals surface area contributed by atoms with Gasteiger partial charge in [-0.05, 0) is 39.0 Å². The van der Waals surface area contributed by atoms with Crippen molar-refractivity contribution >= 4 is 27.0 Å². The summed E-state index contributed by atoms with van der Waals surface area (Å²) in [5.41, 5.74) is 2.26. The monoisotopic (exact) mass is 432 g/mol. The summed E-state index contributed by atoms with van der Waals surface area (Å²) in [4.78, 5) is 0. The Morgan fingerprint density at radius 1 is 0.724 bits per heavy atom. The highest BCUT2D eigenvalue weighted by Crippen LogP contribution is 2.28. The van der Waals surface area contributed by atoms with Crippen LogP contribution in [0.1, 0.15) is 36.5 Å². The third kappa shape index (κ3) is 4.51. The quantitative estimate of drug-likeness (QED) is 0.516. The number of ether oxygens (including phenoxy) is 4. The van der Waals surface area contributed by atoms with E-state index < -0.39 is 16.6 Å². The molecule has 0 unspecified atom stereocenters. The van der Waals surface area contributed by atoms with Gasteiger partial charge in [0, 0.05) is 0 Å². The molecule has 5 nitrogen and oxygen atoms in total. The zero-order valence-corrected chi connectivity index (χ0v) is 19.9. The molecule has 2 aromatic carbocycles. The lowest BCUT2D eigenvalue weighted by Crippen LogP contribution is -2.58. The normalized spacial score (nSPS) is 20.3. The minimum absolute atomic E-state index is 0.271. The smallest absolute Gasteiger partial charge is 0.181 e. The molecular weight excluding hydrogens is 400 g/mol. The van der Waals surface area contributed by atoms with Crippen molar-refractivity contribution in [3.63, 3.8) is 0 Å². The van der Waals surface area contributed by atoms with E-state index in [1.54, 1.807) is 0 Å². The van der Waals surface area contributed by atoms with Gasteiger partial charge in [-0.2, -0.15) is 12.1 Å². The first-order chi connectivity index (χ1) is 13.9. The van der Waals surface area contributed by atoms with Crippen LogP contribution >= 0.6 is 0 Å².